The molecule has 1 heterocycles. The molecule has 0 bridgehead atoms. The number of halogens is 1. The Kier molecular flexibility index (Phi) is 5.48. The molecule has 0 saturated heterocycles. The summed E-state index contributed by atoms with van der Waals surface area (Å²) in [6.45, 7) is 0.208. The highest BCUT2D eigenvalue weighted by Gasteiger charge is 2.17. The van der Waals surface area contributed by atoms with Gasteiger partial charge >= 0.3 is 0 Å². The third-order valence-electron chi connectivity index (χ3n) is 4.78. The SMILES string of the molecule is CS(=O)(=O)Nc1ccc(NC(=O)c2cc3ccccc3n2Cc2ccccc2F)cc1. The van der Waals surface area contributed by atoms with E-state index >= 15 is 0 Å². The molecular formula is C23H20FN3O3S. The Labute approximate surface area is 179 Å². The first-order valence-electron chi connectivity index (χ1n) is 9.51. The lowest BCUT2D eigenvalue weighted by Crippen LogP contribution is -2.18. The van der Waals surface area contributed by atoms with Gasteiger partial charge in [-0.15, -0.1) is 0 Å². The first-order chi connectivity index (χ1) is 14.8. The average Bonchev–Trinajstić information content (AvgIpc) is 3.09. The second-order valence-corrected chi connectivity index (χ2v) is 8.92. The maximum atomic E-state index is 14.3. The molecule has 0 spiro atoms. The van der Waals surface area contributed by atoms with Crippen LogP contribution >= 0.6 is 0 Å². The molecule has 0 aliphatic heterocycles. The first-order valence-corrected chi connectivity index (χ1v) is 11.4. The molecule has 1 amide bonds. The van der Waals surface area contributed by atoms with Crippen molar-refractivity contribution in [1.29, 1.82) is 0 Å². The molecule has 3 aromatic carbocycles. The molecule has 2 N–H and O–H groups in total. The fourth-order valence-electron chi connectivity index (χ4n) is 3.40. The molecule has 1 aromatic heterocycles. The van der Waals surface area contributed by atoms with Crippen molar-refractivity contribution in [1.82, 2.24) is 4.57 Å². The lowest BCUT2D eigenvalue weighted by atomic mass is 10.2. The van der Waals surface area contributed by atoms with Crippen LogP contribution in [0, 0.1) is 5.82 Å². The number of rotatable bonds is 6. The Hall–Kier alpha value is -3.65. The van der Waals surface area contributed by atoms with E-state index in [1.54, 1.807) is 53.1 Å². The predicted molar refractivity (Wildman–Crippen MR) is 120 cm³/mol. The van der Waals surface area contributed by atoms with Crippen LogP contribution in [0.1, 0.15) is 16.1 Å². The number of para-hydroxylation sites is 1. The number of sulfonamides is 1. The van der Waals surface area contributed by atoms with Crippen LogP contribution < -0.4 is 10.0 Å². The van der Waals surface area contributed by atoms with Gasteiger partial charge in [0.15, 0.2) is 0 Å². The minimum atomic E-state index is -3.38. The molecule has 8 heteroatoms. The van der Waals surface area contributed by atoms with Crippen LogP contribution in [0.3, 0.4) is 0 Å². The van der Waals surface area contributed by atoms with Crippen molar-refractivity contribution in [2.45, 2.75) is 6.54 Å². The van der Waals surface area contributed by atoms with Crippen molar-refractivity contribution >= 4 is 38.2 Å². The van der Waals surface area contributed by atoms with Crippen molar-refractivity contribution < 1.29 is 17.6 Å². The monoisotopic (exact) mass is 437 g/mol. The summed E-state index contributed by atoms with van der Waals surface area (Å²) in [6.07, 6.45) is 1.07. The highest BCUT2D eigenvalue weighted by Crippen LogP contribution is 2.23. The second kappa shape index (κ2) is 8.23. The molecule has 6 nitrogen and oxygen atoms in total. The minimum absolute atomic E-state index is 0.208. The normalized spacial score (nSPS) is 11.4. The van der Waals surface area contributed by atoms with Crippen molar-refractivity contribution in [2.75, 3.05) is 16.3 Å². The number of hydrogen-bond acceptors (Lipinski definition) is 3. The Balaban J connectivity index is 1.64. The first kappa shape index (κ1) is 20.6. The number of amides is 1. The maximum Gasteiger partial charge on any atom is 0.272 e. The summed E-state index contributed by atoms with van der Waals surface area (Å²) in [7, 11) is -3.38. The van der Waals surface area contributed by atoms with E-state index in [1.165, 1.54) is 6.07 Å². The number of carbonyl (C=O) groups is 1. The number of fused-ring (bicyclic) bond motifs is 1. The molecule has 0 radical (unpaired) electrons. The topological polar surface area (TPSA) is 80.2 Å². The molecule has 0 aliphatic carbocycles. The van der Waals surface area contributed by atoms with Crippen LogP contribution in [-0.2, 0) is 16.6 Å². The molecule has 31 heavy (non-hydrogen) atoms. The number of benzene rings is 3. The molecule has 0 unspecified atom stereocenters. The van der Waals surface area contributed by atoms with E-state index in [4.69, 9.17) is 0 Å². The fraction of sp³-hybridized carbons (Fsp3) is 0.0870. The summed E-state index contributed by atoms with van der Waals surface area (Å²) < 4.78 is 41.1. The lowest BCUT2D eigenvalue weighted by molar-refractivity contribution is 0.101. The minimum Gasteiger partial charge on any atom is -0.332 e. The van der Waals surface area contributed by atoms with Gasteiger partial charge in [0.2, 0.25) is 10.0 Å². The maximum absolute atomic E-state index is 14.3. The van der Waals surface area contributed by atoms with E-state index in [2.05, 4.69) is 10.0 Å². The zero-order valence-electron chi connectivity index (χ0n) is 16.7. The number of hydrogen-bond donors (Lipinski definition) is 2. The van der Waals surface area contributed by atoms with Gasteiger partial charge in [-0.3, -0.25) is 9.52 Å². The van der Waals surface area contributed by atoms with Gasteiger partial charge in [-0.2, -0.15) is 0 Å². The lowest BCUT2D eigenvalue weighted by Gasteiger charge is -2.12. The highest BCUT2D eigenvalue weighted by atomic mass is 32.2. The molecule has 0 atom stereocenters. The summed E-state index contributed by atoms with van der Waals surface area (Å²) in [5.74, 6) is -0.683. The van der Waals surface area contributed by atoms with Gasteiger partial charge in [-0.05, 0) is 42.5 Å². The van der Waals surface area contributed by atoms with Gasteiger partial charge in [0.05, 0.1) is 12.8 Å². The zero-order chi connectivity index (χ0) is 22.0. The highest BCUT2D eigenvalue weighted by molar-refractivity contribution is 7.92. The molecule has 0 aliphatic rings. The van der Waals surface area contributed by atoms with Crippen molar-refractivity contribution in [3.8, 4) is 0 Å². The van der Waals surface area contributed by atoms with Gasteiger partial charge in [0.1, 0.15) is 11.5 Å². The smallest absolute Gasteiger partial charge is 0.272 e. The third-order valence-corrected chi connectivity index (χ3v) is 5.38. The Bertz CT molecular complexity index is 1360. The van der Waals surface area contributed by atoms with Gasteiger partial charge in [0.25, 0.3) is 5.91 Å². The number of nitrogens with one attached hydrogen (secondary N) is 2. The quantitative estimate of drug-likeness (QED) is 0.468. The van der Waals surface area contributed by atoms with E-state index in [1.807, 2.05) is 24.3 Å². The van der Waals surface area contributed by atoms with Crippen LogP contribution in [0.25, 0.3) is 10.9 Å². The van der Waals surface area contributed by atoms with Crippen LogP contribution in [0.5, 0.6) is 0 Å². The number of carbonyl (C=O) groups excluding carboxylic acids is 1. The third kappa shape index (κ3) is 4.75. The number of nitrogens with zero attached hydrogens (tertiary/aromatic N) is 1. The standard InChI is InChI=1S/C23H20FN3O3S/c1-31(29,30)26-19-12-10-18(11-13-19)25-23(28)22-14-16-6-3-5-9-21(16)27(22)15-17-7-2-4-8-20(17)24/h2-14,26H,15H2,1H3,(H,25,28). The largest absolute Gasteiger partial charge is 0.332 e. The number of aromatic nitrogens is 1. The van der Waals surface area contributed by atoms with Crippen LogP contribution in [0.2, 0.25) is 0 Å². The van der Waals surface area contributed by atoms with E-state index in [9.17, 15) is 17.6 Å². The van der Waals surface area contributed by atoms with E-state index in [-0.39, 0.29) is 18.3 Å². The van der Waals surface area contributed by atoms with E-state index in [0.29, 0.717) is 22.6 Å². The summed E-state index contributed by atoms with van der Waals surface area (Å²) in [4.78, 5) is 13.1. The fourth-order valence-corrected chi connectivity index (χ4v) is 3.96. The Morgan fingerprint density at radius 3 is 2.29 bits per heavy atom. The molecule has 0 saturated carbocycles. The summed E-state index contributed by atoms with van der Waals surface area (Å²) >= 11 is 0. The van der Waals surface area contributed by atoms with Gasteiger partial charge < -0.3 is 9.88 Å². The molecule has 158 valence electrons. The molecule has 0 fully saturated rings. The van der Waals surface area contributed by atoms with Crippen LogP contribution in [-0.4, -0.2) is 25.1 Å². The van der Waals surface area contributed by atoms with Crippen molar-refractivity contribution in [2.24, 2.45) is 0 Å². The summed E-state index contributed by atoms with van der Waals surface area (Å²) in [5.41, 5.74) is 2.60. The zero-order valence-corrected chi connectivity index (χ0v) is 17.5. The average molecular weight is 437 g/mol. The Morgan fingerprint density at radius 1 is 0.935 bits per heavy atom. The molecule has 4 rings (SSSR count). The van der Waals surface area contributed by atoms with Gasteiger partial charge in [-0.1, -0.05) is 36.4 Å². The summed E-state index contributed by atoms with van der Waals surface area (Å²) in [5, 5.41) is 3.69. The summed E-state index contributed by atoms with van der Waals surface area (Å²) in [6, 6.07) is 22.1. The van der Waals surface area contributed by atoms with Gasteiger partial charge in [-0.25, -0.2) is 12.8 Å². The van der Waals surface area contributed by atoms with E-state index in [0.717, 1.165) is 17.2 Å². The molecule has 4 aromatic rings. The molecular weight excluding hydrogens is 417 g/mol. The van der Waals surface area contributed by atoms with Crippen LogP contribution in [0.4, 0.5) is 15.8 Å². The Morgan fingerprint density at radius 2 is 1.58 bits per heavy atom. The van der Waals surface area contributed by atoms with E-state index < -0.39 is 10.0 Å². The van der Waals surface area contributed by atoms with Gasteiger partial charge in [0, 0.05) is 27.8 Å². The van der Waals surface area contributed by atoms with Crippen molar-refractivity contribution in [3.63, 3.8) is 0 Å². The predicted octanol–water partition coefficient (Wildman–Crippen LogP) is 4.45. The van der Waals surface area contributed by atoms with Crippen molar-refractivity contribution in [3.05, 3.63) is 95.9 Å². The second-order valence-electron chi connectivity index (χ2n) is 7.17. The number of anilines is 2. The van der Waals surface area contributed by atoms with Crippen LogP contribution in [0.15, 0.2) is 78.9 Å².